The fraction of sp³-hybridized carbons (Fsp3) is 0.250. The number of imidazole rings is 2. The molecule has 0 amide bonds. The van der Waals surface area contributed by atoms with Crippen molar-refractivity contribution in [2.45, 2.75) is 33.1 Å². The quantitative estimate of drug-likeness (QED) is 0.563. The van der Waals surface area contributed by atoms with Crippen LogP contribution in [0.2, 0.25) is 0 Å². The van der Waals surface area contributed by atoms with Gasteiger partial charge in [-0.3, -0.25) is 4.98 Å². The van der Waals surface area contributed by atoms with E-state index in [4.69, 9.17) is 4.98 Å². The molecule has 126 valence electrons. The van der Waals surface area contributed by atoms with Crippen molar-refractivity contribution < 1.29 is 0 Å². The Labute approximate surface area is 146 Å². The van der Waals surface area contributed by atoms with Crippen LogP contribution in [0, 0.1) is 6.92 Å². The van der Waals surface area contributed by atoms with E-state index < -0.39 is 0 Å². The maximum absolute atomic E-state index is 4.92. The van der Waals surface area contributed by atoms with E-state index in [9.17, 15) is 0 Å². The van der Waals surface area contributed by atoms with Gasteiger partial charge in [0.15, 0.2) is 0 Å². The fourth-order valence-corrected chi connectivity index (χ4v) is 2.89. The monoisotopic (exact) mass is 331 g/mol. The third kappa shape index (κ3) is 2.82. The molecule has 0 radical (unpaired) electrons. The molecule has 25 heavy (non-hydrogen) atoms. The van der Waals surface area contributed by atoms with Gasteiger partial charge in [0.05, 0.1) is 34.4 Å². The Hall–Kier alpha value is -2.95. The number of nitrogens with zero attached hydrogens (tertiary/aromatic N) is 3. The predicted octanol–water partition coefficient (Wildman–Crippen LogP) is 4.62. The number of benzene rings is 1. The van der Waals surface area contributed by atoms with E-state index in [1.165, 1.54) is 0 Å². The van der Waals surface area contributed by atoms with E-state index in [0.29, 0.717) is 0 Å². The maximum Gasteiger partial charge on any atom is 0.112 e. The second-order valence-electron chi connectivity index (χ2n) is 7.36. The predicted molar refractivity (Wildman–Crippen MR) is 100 cm³/mol. The minimum atomic E-state index is -0.0745. The van der Waals surface area contributed by atoms with Gasteiger partial charge in [0.1, 0.15) is 5.82 Å². The summed E-state index contributed by atoms with van der Waals surface area (Å²) >= 11 is 0. The smallest absolute Gasteiger partial charge is 0.112 e. The van der Waals surface area contributed by atoms with Gasteiger partial charge in [-0.15, -0.1) is 0 Å². The summed E-state index contributed by atoms with van der Waals surface area (Å²) < 4.78 is 0. The van der Waals surface area contributed by atoms with E-state index in [-0.39, 0.29) is 5.41 Å². The standard InChI is InChI=1S/C20H21N5/c1-12-6-5-7-15(23-12)18-17(24-19(25-18)20(2,3)4)13-8-9-14-16(10-13)22-11-21-14/h5-11H,1-4H3,(H,21,22)(H,24,25). The average molecular weight is 331 g/mol. The molecule has 0 aliphatic heterocycles. The summed E-state index contributed by atoms with van der Waals surface area (Å²) in [6.07, 6.45) is 1.71. The Kier molecular flexibility index (Phi) is 3.46. The molecule has 0 aliphatic carbocycles. The highest BCUT2D eigenvalue weighted by atomic mass is 15.0. The third-order valence-corrected chi connectivity index (χ3v) is 4.25. The minimum absolute atomic E-state index is 0.0745. The van der Waals surface area contributed by atoms with Crippen LogP contribution in [-0.4, -0.2) is 24.9 Å². The largest absolute Gasteiger partial charge is 0.345 e. The lowest BCUT2D eigenvalue weighted by molar-refractivity contribution is 0.553. The number of aryl methyl sites for hydroxylation is 1. The first-order valence-corrected chi connectivity index (χ1v) is 8.40. The molecular weight excluding hydrogens is 310 g/mol. The molecule has 0 spiro atoms. The van der Waals surface area contributed by atoms with Crippen LogP contribution >= 0.6 is 0 Å². The molecule has 0 saturated carbocycles. The second kappa shape index (κ2) is 5.55. The number of hydrogen-bond donors (Lipinski definition) is 2. The van der Waals surface area contributed by atoms with Gasteiger partial charge in [-0.05, 0) is 31.2 Å². The molecule has 2 N–H and O–H groups in total. The highest BCUT2D eigenvalue weighted by Crippen LogP contribution is 2.33. The molecule has 4 rings (SSSR count). The zero-order valence-corrected chi connectivity index (χ0v) is 14.9. The Morgan fingerprint density at radius 3 is 2.60 bits per heavy atom. The number of H-pyrrole nitrogens is 2. The van der Waals surface area contributed by atoms with Crippen molar-refractivity contribution in [3.63, 3.8) is 0 Å². The van der Waals surface area contributed by atoms with Gasteiger partial charge in [-0.2, -0.15) is 0 Å². The number of nitrogens with one attached hydrogen (secondary N) is 2. The average Bonchev–Trinajstić information content (AvgIpc) is 3.20. The number of aromatic amines is 2. The molecule has 4 aromatic rings. The van der Waals surface area contributed by atoms with Crippen LogP contribution in [0.15, 0.2) is 42.7 Å². The molecule has 3 aromatic heterocycles. The molecule has 0 saturated heterocycles. The maximum atomic E-state index is 4.92. The van der Waals surface area contributed by atoms with E-state index in [2.05, 4.69) is 52.8 Å². The zero-order chi connectivity index (χ0) is 17.6. The van der Waals surface area contributed by atoms with Gasteiger partial charge >= 0.3 is 0 Å². The first kappa shape index (κ1) is 15.6. The van der Waals surface area contributed by atoms with Crippen molar-refractivity contribution in [2.24, 2.45) is 0 Å². The lowest BCUT2D eigenvalue weighted by Gasteiger charge is -2.14. The van der Waals surface area contributed by atoms with Crippen molar-refractivity contribution in [1.29, 1.82) is 0 Å². The molecule has 0 bridgehead atoms. The molecule has 3 heterocycles. The summed E-state index contributed by atoms with van der Waals surface area (Å²) in [5.74, 6) is 0.950. The Bertz CT molecular complexity index is 1050. The van der Waals surface area contributed by atoms with Gasteiger partial charge in [0.25, 0.3) is 0 Å². The summed E-state index contributed by atoms with van der Waals surface area (Å²) in [6.45, 7) is 8.46. The lowest BCUT2D eigenvalue weighted by Crippen LogP contribution is -2.13. The molecule has 0 atom stereocenters. The Balaban J connectivity index is 1.94. The van der Waals surface area contributed by atoms with Crippen LogP contribution in [0.5, 0.6) is 0 Å². The van der Waals surface area contributed by atoms with Crippen LogP contribution in [-0.2, 0) is 5.41 Å². The SMILES string of the molecule is Cc1cccc(-c2[nH]c(C(C)(C)C)nc2-c2ccc3nc[nH]c3c2)n1. The van der Waals surface area contributed by atoms with Gasteiger partial charge in [-0.1, -0.05) is 32.9 Å². The van der Waals surface area contributed by atoms with Crippen LogP contribution in [0.4, 0.5) is 0 Å². The van der Waals surface area contributed by atoms with Crippen molar-refractivity contribution >= 4 is 11.0 Å². The van der Waals surface area contributed by atoms with Gasteiger partial charge in [-0.25, -0.2) is 9.97 Å². The van der Waals surface area contributed by atoms with Crippen LogP contribution < -0.4 is 0 Å². The van der Waals surface area contributed by atoms with Crippen molar-refractivity contribution in [3.05, 3.63) is 54.2 Å². The van der Waals surface area contributed by atoms with Gasteiger partial charge < -0.3 is 9.97 Å². The Morgan fingerprint density at radius 2 is 1.84 bits per heavy atom. The molecular formula is C20H21N5. The van der Waals surface area contributed by atoms with Crippen molar-refractivity contribution in [1.82, 2.24) is 24.9 Å². The molecule has 0 aliphatic rings. The zero-order valence-electron chi connectivity index (χ0n) is 14.9. The molecule has 5 heteroatoms. The van der Waals surface area contributed by atoms with Crippen LogP contribution in [0.1, 0.15) is 32.3 Å². The lowest BCUT2D eigenvalue weighted by atomic mass is 9.96. The summed E-state index contributed by atoms with van der Waals surface area (Å²) in [7, 11) is 0. The summed E-state index contributed by atoms with van der Waals surface area (Å²) in [6, 6.07) is 12.2. The van der Waals surface area contributed by atoms with Crippen molar-refractivity contribution in [2.75, 3.05) is 0 Å². The first-order chi connectivity index (χ1) is 11.9. The highest BCUT2D eigenvalue weighted by Gasteiger charge is 2.23. The van der Waals surface area contributed by atoms with Crippen molar-refractivity contribution in [3.8, 4) is 22.6 Å². The van der Waals surface area contributed by atoms with E-state index in [1.807, 2.05) is 31.2 Å². The van der Waals surface area contributed by atoms with Crippen LogP contribution in [0.3, 0.4) is 0 Å². The third-order valence-electron chi connectivity index (χ3n) is 4.25. The minimum Gasteiger partial charge on any atom is -0.345 e. The summed E-state index contributed by atoms with van der Waals surface area (Å²) in [5.41, 5.74) is 6.68. The topological polar surface area (TPSA) is 70.2 Å². The van der Waals surface area contributed by atoms with E-state index in [1.54, 1.807) is 6.33 Å². The normalized spacial score (nSPS) is 12.0. The fourth-order valence-electron chi connectivity index (χ4n) is 2.89. The van der Waals surface area contributed by atoms with Gasteiger partial charge in [0.2, 0.25) is 0 Å². The van der Waals surface area contributed by atoms with E-state index >= 15 is 0 Å². The summed E-state index contributed by atoms with van der Waals surface area (Å²) in [4.78, 5) is 20.6. The van der Waals surface area contributed by atoms with E-state index in [0.717, 1.165) is 45.2 Å². The molecule has 0 fully saturated rings. The van der Waals surface area contributed by atoms with Gasteiger partial charge in [0, 0.05) is 16.7 Å². The number of fused-ring (bicyclic) bond motifs is 1. The highest BCUT2D eigenvalue weighted by molar-refractivity contribution is 5.85. The first-order valence-electron chi connectivity index (χ1n) is 8.40. The molecule has 1 aromatic carbocycles. The number of pyridine rings is 1. The molecule has 5 nitrogen and oxygen atoms in total. The summed E-state index contributed by atoms with van der Waals surface area (Å²) in [5, 5.41) is 0. The number of hydrogen-bond acceptors (Lipinski definition) is 3. The number of rotatable bonds is 2. The van der Waals surface area contributed by atoms with Crippen LogP contribution in [0.25, 0.3) is 33.7 Å². The molecule has 0 unspecified atom stereocenters. The Morgan fingerprint density at radius 1 is 1.00 bits per heavy atom. The second-order valence-corrected chi connectivity index (χ2v) is 7.36. The number of aromatic nitrogens is 5.